The fourth-order valence-electron chi connectivity index (χ4n) is 2.99. The number of ether oxygens (including phenoxy) is 1. The Bertz CT molecular complexity index is 1430. The number of carbonyl (C=O) groups excluding carboxylic acids is 1. The van der Waals surface area contributed by atoms with Gasteiger partial charge in [-0.2, -0.15) is 0 Å². The Balaban J connectivity index is 1.72. The van der Waals surface area contributed by atoms with Crippen molar-refractivity contribution in [2.45, 2.75) is 4.90 Å². The van der Waals surface area contributed by atoms with Crippen molar-refractivity contribution in [1.82, 2.24) is 0 Å². The number of hydrogen-bond donors (Lipinski definition) is 2. The van der Waals surface area contributed by atoms with Gasteiger partial charge in [-0.15, -0.1) is 0 Å². The van der Waals surface area contributed by atoms with Crippen LogP contribution < -0.4 is 19.1 Å². The van der Waals surface area contributed by atoms with Crippen LogP contribution in [-0.4, -0.2) is 42.7 Å². The third-order valence-electron chi connectivity index (χ3n) is 4.66. The van der Waals surface area contributed by atoms with Gasteiger partial charge in [0.15, 0.2) is 0 Å². The molecule has 0 spiro atoms. The summed E-state index contributed by atoms with van der Waals surface area (Å²) in [5.41, 5.74) is 0.599. The van der Waals surface area contributed by atoms with Crippen LogP contribution in [-0.2, 0) is 24.8 Å². The number of halogens is 2. The molecule has 35 heavy (non-hydrogen) atoms. The van der Waals surface area contributed by atoms with Crippen molar-refractivity contribution in [3.63, 3.8) is 0 Å². The Hall–Kier alpha value is -3.35. The van der Waals surface area contributed by atoms with E-state index in [9.17, 15) is 26.0 Å². The molecular weight excluding hydrogens is 521 g/mol. The Labute approximate surface area is 207 Å². The highest BCUT2D eigenvalue weighted by molar-refractivity contribution is 7.92. The second-order valence-electron chi connectivity index (χ2n) is 7.27. The maximum Gasteiger partial charge on any atom is 0.261 e. The van der Waals surface area contributed by atoms with Gasteiger partial charge in [0.25, 0.3) is 10.0 Å². The monoisotopic (exact) mass is 541 g/mol. The molecule has 0 aliphatic carbocycles. The maximum absolute atomic E-state index is 13.0. The molecule has 0 unspecified atom stereocenters. The maximum atomic E-state index is 13.0. The number of amides is 1. The summed E-state index contributed by atoms with van der Waals surface area (Å²) in [4.78, 5) is 12.5. The summed E-state index contributed by atoms with van der Waals surface area (Å²) in [7, 11) is -6.37. The van der Waals surface area contributed by atoms with E-state index in [1.165, 1.54) is 61.7 Å². The van der Waals surface area contributed by atoms with Crippen molar-refractivity contribution in [2.24, 2.45) is 0 Å². The van der Waals surface area contributed by atoms with Gasteiger partial charge in [-0.25, -0.2) is 21.2 Å². The normalized spacial score (nSPS) is 11.5. The van der Waals surface area contributed by atoms with Crippen molar-refractivity contribution in [3.8, 4) is 5.75 Å². The van der Waals surface area contributed by atoms with Crippen LogP contribution in [0.5, 0.6) is 5.75 Å². The number of benzene rings is 3. The number of hydrogen-bond acceptors (Lipinski definition) is 6. The van der Waals surface area contributed by atoms with Crippen LogP contribution >= 0.6 is 11.6 Å². The lowest BCUT2D eigenvalue weighted by Gasteiger charge is -2.22. The van der Waals surface area contributed by atoms with E-state index in [1.807, 2.05) is 0 Å². The lowest BCUT2D eigenvalue weighted by atomic mass is 10.3. The molecule has 1 amide bonds. The molecule has 0 aliphatic heterocycles. The van der Waals surface area contributed by atoms with Crippen molar-refractivity contribution >= 4 is 54.6 Å². The van der Waals surface area contributed by atoms with Crippen molar-refractivity contribution < 1.29 is 30.8 Å². The third-order valence-corrected chi connectivity index (χ3v) is 7.49. The number of methoxy groups -OCH3 is 1. The molecule has 0 radical (unpaired) electrons. The van der Waals surface area contributed by atoms with E-state index >= 15 is 0 Å². The Morgan fingerprint density at radius 2 is 1.57 bits per heavy atom. The van der Waals surface area contributed by atoms with Crippen molar-refractivity contribution in [1.29, 1.82) is 0 Å². The SMILES string of the molecule is COc1ccc(N(CC(=O)Nc2ccc(S(=O)(=O)Nc3ccc(F)cc3)cc2)S(C)(=O)=O)cc1Cl. The molecule has 9 nitrogen and oxygen atoms in total. The number of nitrogens with zero attached hydrogens (tertiary/aromatic N) is 1. The van der Waals surface area contributed by atoms with Gasteiger partial charge < -0.3 is 10.1 Å². The standard InChI is InChI=1S/C22H21ClFN3O6S2/c1-33-21-12-9-18(13-20(21)23)27(34(2,29)30)14-22(28)25-16-7-10-19(11-8-16)35(31,32)26-17-5-3-15(24)4-6-17/h3-13,26H,14H2,1-2H3,(H,25,28). The minimum absolute atomic E-state index is 0.0922. The number of rotatable bonds is 9. The van der Waals surface area contributed by atoms with Crippen LogP contribution in [0, 0.1) is 5.82 Å². The smallest absolute Gasteiger partial charge is 0.261 e. The van der Waals surface area contributed by atoms with E-state index in [0.717, 1.165) is 22.7 Å². The zero-order valence-corrected chi connectivity index (χ0v) is 20.9. The largest absolute Gasteiger partial charge is 0.495 e. The van der Waals surface area contributed by atoms with Crippen LogP contribution in [0.15, 0.2) is 71.6 Å². The van der Waals surface area contributed by atoms with Gasteiger partial charge in [-0.05, 0) is 66.7 Å². The minimum atomic E-state index is -3.95. The quantitative estimate of drug-likeness (QED) is 0.426. The fourth-order valence-corrected chi connectivity index (χ4v) is 5.15. The number of anilines is 3. The predicted octanol–water partition coefficient (Wildman–Crippen LogP) is 3.69. The summed E-state index contributed by atoms with van der Waals surface area (Å²) in [5, 5.41) is 2.70. The molecule has 3 aromatic carbocycles. The molecule has 0 aromatic heterocycles. The van der Waals surface area contributed by atoms with E-state index in [-0.39, 0.29) is 27.0 Å². The lowest BCUT2D eigenvalue weighted by Crippen LogP contribution is -2.37. The first-order valence-corrected chi connectivity index (χ1v) is 13.6. The van der Waals surface area contributed by atoms with Crippen LogP contribution in [0.2, 0.25) is 5.02 Å². The van der Waals surface area contributed by atoms with Crippen LogP contribution in [0.1, 0.15) is 0 Å². The molecule has 0 aliphatic rings. The van der Waals surface area contributed by atoms with Gasteiger partial charge in [-0.3, -0.25) is 13.8 Å². The van der Waals surface area contributed by atoms with Crippen LogP contribution in [0.3, 0.4) is 0 Å². The van der Waals surface area contributed by atoms with Gasteiger partial charge in [0.2, 0.25) is 15.9 Å². The average molecular weight is 542 g/mol. The molecular formula is C22H21ClFN3O6S2. The van der Waals surface area contributed by atoms with E-state index < -0.39 is 38.3 Å². The Kier molecular flexibility index (Phi) is 7.88. The van der Waals surface area contributed by atoms with E-state index in [2.05, 4.69) is 10.0 Å². The molecule has 0 saturated heterocycles. The molecule has 0 saturated carbocycles. The highest BCUT2D eigenvalue weighted by atomic mass is 35.5. The number of sulfonamides is 2. The molecule has 0 fully saturated rings. The average Bonchev–Trinajstić information content (AvgIpc) is 2.78. The lowest BCUT2D eigenvalue weighted by molar-refractivity contribution is -0.114. The second kappa shape index (κ2) is 10.5. The van der Waals surface area contributed by atoms with Crippen molar-refractivity contribution in [3.05, 3.63) is 77.6 Å². The zero-order valence-electron chi connectivity index (χ0n) is 18.5. The van der Waals surface area contributed by atoms with Gasteiger partial charge in [0, 0.05) is 11.4 Å². The zero-order chi connectivity index (χ0) is 25.8. The Morgan fingerprint density at radius 3 is 2.11 bits per heavy atom. The summed E-state index contributed by atoms with van der Waals surface area (Å²) in [6.45, 7) is -0.548. The first-order valence-electron chi connectivity index (χ1n) is 9.88. The van der Waals surface area contributed by atoms with Crippen LogP contribution in [0.25, 0.3) is 0 Å². The summed E-state index contributed by atoms with van der Waals surface area (Å²) in [6, 6.07) is 14.3. The Morgan fingerprint density at radius 1 is 0.971 bits per heavy atom. The van der Waals surface area contributed by atoms with E-state index in [4.69, 9.17) is 16.3 Å². The second-order valence-corrected chi connectivity index (χ2v) is 11.3. The number of nitrogens with one attached hydrogen (secondary N) is 2. The molecule has 0 atom stereocenters. The summed E-state index contributed by atoms with van der Waals surface area (Å²) in [5.74, 6) is -0.822. The first-order chi connectivity index (χ1) is 16.4. The summed E-state index contributed by atoms with van der Waals surface area (Å²) < 4.78 is 70.9. The minimum Gasteiger partial charge on any atom is -0.495 e. The van der Waals surface area contributed by atoms with E-state index in [0.29, 0.717) is 5.75 Å². The highest BCUT2D eigenvalue weighted by Gasteiger charge is 2.22. The molecule has 0 heterocycles. The summed E-state index contributed by atoms with van der Waals surface area (Å²) in [6.07, 6.45) is 0.951. The van der Waals surface area contributed by atoms with E-state index in [1.54, 1.807) is 0 Å². The van der Waals surface area contributed by atoms with Gasteiger partial charge in [0.1, 0.15) is 18.1 Å². The molecule has 0 bridgehead atoms. The molecule has 2 N–H and O–H groups in total. The topological polar surface area (TPSA) is 122 Å². The predicted molar refractivity (Wildman–Crippen MR) is 132 cm³/mol. The van der Waals surface area contributed by atoms with Gasteiger partial charge in [0.05, 0.1) is 29.0 Å². The van der Waals surface area contributed by atoms with Crippen LogP contribution in [0.4, 0.5) is 21.5 Å². The highest BCUT2D eigenvalue weighted by Crippen LogP contribution is 2.30. The van der Waals surface area contributed by atoms with Gasteiger partial charge >= 0.3 is 0 Å². The fraction of sp³-hybridized carbons (Fsp3) is 0.136. The molecule has 13 heteroatoms. The third kappa shape index (κ3) is 6.84. The molecule has 3 aromatic rings. The first kappa shape index (κ1) is 26.3. The van der Waals surface area contributed by atoms with Gasteiger partial charge in [-0.1, -0.05) is 11.6 Å². The summed E-state index contributed by atoms with van der Waals surface area (Å²) >= 11 is 6.08. The van der Waals surface area contributed by atoms with Crippen molar-refractivity contribution in [2.75, 3.05) is 34.3 Å². The number of carbonyl (C=O) groups is 1. The molecule has 186 valence electrons. The molecule has 3 rings (SSSR count).